The molecule has 4 rings (SSSR count). The van der Waals surface area contributed by atoms with Gasteiger partial charge < -0.3 is 0 Å². The zero-order valence-corrected chi connectivity index (χ0v) is 22.4. The van der Waals surface area contributed by atoms with Crippen LogP contribution in [0, 0.1) is 6.92 Å². The minimum Gasteiger partial charge on any atom is -0.296 e. The summed E-state index contributed by atoms with van der Waals surface area (Å²) >= 11 is 2.87. The molecule has 0 bridgehead atoms. The van der Waals surface area contributed by atoms with Gasteiger partial charge >= 0.3 is 0 Å². The number of rotatable bonds is 10. The Hall–Kier alpha value is -3.21. The van der Waals surface area contributed by atoms with Gasteiger partial charge in [-0.25, -0.2) is 8.42 Å². The summed E-state index contributed by atoms with van der Waals surface area (Å²) in [5.41, 5.74) is 2.26. The Morgan fingerprint density at radius 1 is 0.972 bits per heavy atom. The molecule has 186 valence electrons. The van der Waals surface area contributed by atoms with Gasteiger partial charge in [0.1, 0.15) is 0 Å². The molecule has 0 atom stereocenters. The molecule has 0 unspecified atom stereocenters. The van der Waals surface area contributed by atoms with Crippen LogP contribution in [-0.4, -0.2) is 30.3 Å². The van der Waals surface area contributed by atoms with Crippen LogP contribution >= 0.6 is 23.1 Å². The number of amides is 1. The lowest BCUT2D eigenvalue weighted by molar-refractivity contribution is 0.102. The molecule has 0 spiro atoms. The number of aromatic nitrogens is 2. The molecular formula is C26H26N4O3S3. The van der Waals surface area contributed by atoms with Crippen molar-refractivity contribution in [3.63, 3.8) is 0 Å². The third-order valence-electron chi connectivity index (χ3n) is 5.25. The fourth-order valence-corrected chi connectivity index (χ4v) is 6.59. The third kappa shape index (κ3) is 6.13. The number of carbonyl (C=O) groups is 1. The third-order valence-corrected chi connectivity index (χ3v) is 9.20. The van der Waals surface area contributed by atoms with E-state index in [4.69, 9.17) is 0 Å². The highest BCUT2D eigenvalue weighted by Gasteiger charge is 2.29. The Morgan fingerprint density at radius 3 is 2.39 bits per heavy atom. The van der Waals surface area contributed by atoms with Crippen LogP contribution in [0.1, 0.15) is 34.8 Å². The molecule has 3 aromatic carbocycles. The number of hydrogen-bond donors (Lipinski definition) is 1. The summed E-state index contributed by atoms with van der Waals surface area (Å²) < 4.78 is 29.8. The first-order chi connectivity index (χ1) is 17.4. The first kappa shape index (κ1) is 25.9. The molecule has 1 aromatic heterocycles. The van der Waals surface area contributed by atoms with Crippen molar-refractivity contribution < 1.29 is 13.2 Å². The Morgan fingerprint density at radius 2 is 1.67 bits per heavy atom. The first-order valence-corrected chi connectivity index (χ1v) is 14.6. The van der Waals surface area contributed by atoms with Crippen molar-refractivity contribution in [3.8, 4) is 0 Å². The van der Waals surface area contributed by atoms with E-state index in [-0.39, 0.29) is 22.7 Å². The lowest BCUT2D eigenvalue weighted by Crippen LogP contribution is -2.32. The second-order valence-electron chi connectivity index (χ2n) is 8.00. The van der Waals surface area contributed by atoms with E-state index in [1.54, 1.807) is 60.3 Å². The van der Waals surface area contributed by atoms with Crippen molar-refractivity contribution in [1.82, 2.24) is 10.2 Å². The Labute approximate surface area is 219 Å². The number of thioether (sulfide) groups is 1. The predicted molar refractivity (Wildman–Crippen MR) is 146 cm³/mol. The van der Waals surface area contributed by atoms with Crippen molar-refractivity contribution in [1.29, 1.82) is 0 Å². The smallest absolute Gasteiger partial charge is 0.264 e. The van der Waals surface area contributed by atoms with Gasteiger partial charge in [-0.3, -0.25) is 14.4 Å². The van der Waals surface area contributed by atoms with Crippen molar-refractivity contribution >= 4 is 49.8 Å². The van der Waals surface area contributed by atoms with Crippen LogP contribution in [0.2, 0.25) is 0 Å². The molecule has 0 saturated heterocycles. The molecule has 10 heteroatoms. The lowest BCUT2D eigenvalue weighted by Gasteiger charge is -2.26. The van der Waals surface area contributed by atoms with Gasteiger partial charge in [-0.05, 0) is 43.2 Å². The number of nitrogens with zero attached hydrogens (tertiary/aromatic N) is 3. The second-order valence-corrected chi connectivity index (χ2v) is 12.2. The van der Waals surface area contributed by atoms with Crippen molar-refractivity contribution in [3.05, 3.63) is 95.6 Å². The zero-order chi connectivity index (χ0) is 25.5. The van der Waals surface area contributed by atoms with Gasteiger partial charge in [0.25, 0.3) is 15.9 Å². The average Bonchev–Trinajstić information content (AvgIpc) is 3.34. The van der Waals surface area contributed by atoms with Crippen molar-refractivity contribution in [2.24, 2.45) is 0 Å². The summed E-state index contributed by atoms with van der Waals surface area (Å²) in [6.45, 7) is 4.05. The quantitative estimate of drug-likeness (QED) is 0.197. The molecule has 0 aliphatic heterocycles. The average molecular weight is 539 g/mol. The van der Waals surface area contributed by atoms with Crippen LogP contribution in [0.4, 0.5) is 10.8 Å². The zero-order valence-electron chi connectivity index (χ0n) is 19.9. The molecule has 0 saturated carbocycles. The van der Waals surface area contributed by atoms with E-state index in [0.29, 0.717) is 5.13 Å². The van der Waals surface area contributed by atoms with E-state index >= 15 is 0 Å². The van der Waals surface area contributed by atoms with E-state index in [0.717, 1.165) is 27.6 Å². The molecule has 0 aliphatic carbocycles. The van der Waals surface area contributed by atoms with Gasteiger partial charge in [0.15, 0.2) is 4.34 Å². The number of nitrogens with one attached hydrogen (secondary N) is 1. The van der Waals surface area contributed by atoms with Crippen LogP contribution in [0.3, 0.4) is 0 Å². The van der Waals surface area contributed by atoms with Gasteiger partial charge in [0.05, 0.1) is 22.7 Å². The molecule has 1 N–H and O–H groups in total. The number of hydrogen-bond acceptors (Lipinski definition) is 7. The molecule has 1 amide bonds. The lowest BCUT2D eigenvalue weighted by atomic mass is 10.1. The molecule has 36 heavy (non-hydrogen) atoms. The monoisotopic (exact) mass is 538 g/mol. The highest BCUT2D eigenvalue weighted by molar-refractivity contribution is 8.01. The van der Waals surface area contributed by atoms with Gasteiger partial charge in [-0.1, -0.05) is 90.2 Å². The highest BCUT2D eigenvalue weighted by Crippen LogP contribution is 2.31. The molecule has 4 aromatic rings. The minimum atomic E-state index is -3.98. The normalized spacial score (nSPS) is 11.3. The first-order valence-electron chi connectivity index (χ1n) is 11.4. The molecule has 7 nitrogen and oxygen atoms in total. The number of para-hydroxylation sites is 1. The number of anilines is 2. The standard InChI is InChI=1S/C26H26N4O3S3/c1-3-17-34-26-29-28-25(35-26)27-24(31)22-11-7-8-12-23(22)30(18-20-9-5-4-6-10-20)36(32,33)21-15-13-19(2)14-16-21/h4-16H,3,17-18H2,1-2H3,(H,27,28,31). The van der Waals surface area contributed by atoms with E-state index in [1.165, 1.54) is 15.6 Å². The highest BCUT2D eigenvalue weighted by atomic mass is 32.2. The Kier molecular flexibility index (Phi) is 8.40. The molecular weight excluding hydrogens is 513 g/mol. The van der Waals surface area contributed by atoms with Gasteiger partial charge in [0, 0.05) is 5.75 Å². The summed E-state index contributed by atoms with van der Waals surface area (Å²) in [6, 6.07) is 22.7. The minimum absolute atomic E-state index is 0.0674. The van der Waals surface area contributed by atoms with Crippen LogP contribution in [0.25, 0.3) is 0 Å². The second kappa shape index (κ2) is 11.7. The molecule has 0 fully saturated rings. The topological polar surface area (TPSA) is 92.3 Å². The van der Waals surface area contributed by atoms with E-state index in [2.05, 4.69) is 22.4 Å². The van der Waals surface area contributed by atoms with Gasteiger partial charge in [-0.15, -0.1) is 10.2 Å². The number of carbonyl (C=O) groups excluding carboxylic acids is 1. The van der Waals surface area contributed by atoms with Crippen LogP contribution in [0.15, 0.2) is 88.1 Å². The van der Waals surface area contributed by atoms with Crippen molar-refractivity contribution in [2.45, 2.75) is 36.0 Å². The fourth-order valence-electron chi connectivity index (χ4n) is 3.44. The van der Waals surface area contributed by atoms with Crippen molar-refractivity contribution in [2.75, 3.05) is 15.4 Å². The van der Waals surface area contributed by atoms with Crippen LogP contribution < -0.4 is 9.62 Å². The van der Waals surface area contributed by atoms with Gasteiger partial charge in [0.2, 0.25) is 5.13 Å². The number of benzene rings is 3. The number of sulfonamides is 1. The maximum absolute atomic E-state index is 13.9. The largest absolute Gasteiger partial charge is 0.296 e. The Balaban J connectivity index is 1.71. The molecule has 1 heterocycles. The summed E-state index contributed by atoms with van der Waals surface area (Å²) in [4.78, 5) is 13.5. The van der Waals surface area contributed by atoms with Crippen LogP contribution in [-0.2, 0) is 16.6 Å². The van der Waals surface area contributed by atoms with E-state index in [1.807, 2.05) is 37.3 Å². The van der Waals surface area contributed by atoms with E-state index < -0.39 is 15.9 Å². The summed E-state index contributed by atoms with van der Waals surface area (Å²) in [7, 11) is -3.98. The maximum Gasteiger partial charge on any atom is 0.264 e. The maximum atomic E-state index is 13.9. The number of aryl methyl sites for hydroxylation is 1. The Bertz CT molecular complexity index is 1420. The molecule has 0 aliphatic rings. The summed E-state index contributed by atoms with van der Waals surface area (Å²) in [5.74, 6) is 0.461. The molecule has 0 radical (unpaired) electrons. The van der Waals surface area contributed by atoms with Gasteiger partial charge in [-0.2, -0.15) is 0 Å². The van der Waals surface area contributed by atoms with E-state index in [9.17, 15) is 13.2 Å². The summed E-state index contributed by atoms with van der Waals surface area (Å²) in [5, 5.41) is 11.3. The summed E-state index contributed by atoms with van der Waals surface area (Å²) in [6.07, 6.45) is 1.01. The SMILES string of the molecule is CCCSc1nnc(NC(=O)c2ccccc2N(Cc2ccccc2)S(=O)(=O)c2ccc(C)cc2)s1. The van der Waals surface area contributed by atoms with Crippen LogP contribution in [0.5, 0.6) is 0 Å². The predicted octanol–water partition coefficient (Wildman–Crippen LogP) is 6.00. The fraction of sp³-hybridized carbons (Fsp3) is 0.192.